The number of carbonyl (C=O) groups is 1. The minimum atomic E-state index is -0.634. The highest BCUT2D eigenvalue weighted by Gasteiger charge is 2.18. The topological polar surface area (TPSA) is 64.0 Å². The summed E-state index contributed by atoms with van der Waals surface area (Å²) in [5.74, 6) is -0.249. The molecule has 1 N–H and O–H groups in total. The molecule has 0 aliphatic carbocycles. The van der Waals surface area contributed by atoms with E-state index in [9.17, 15) is 9.59 Å². The summed E-state index contributed by atoms with van der Waals surface area (Å²) in [7, 11) is 0. The van der Waals surface area contributed by atoms with Crippen molar-refractivity contribution in [2.24, 2.45) is 0 Å². The predicted octanol–water partition coefficient (Wildman–Crippen LogP) is 2.97. The molecule has 0 saturated carbocycles. The van der Waals surface area contributed by atoms with Crippen molar-refractivity contribution in [3.8, 4) is 0 Å². The van der Waals surface area contributed by atoms with Crippen LogP contribution in [-0.2, 0) is 4.79 Å². The lowest BCUT2D eigenvalue weighted by molar-refractivity contribution is -0.118. The molecule has 6 heteroatoms. The molecule has 0 spiro atoms. The molecule has 0 aliphatic rings. The molecule has 0 fully saturated rings. The van der Waals surface area contributed by atoms with Gasteiger partial charge in [0.2, 0.25) is 5.91 Å². The molecule has 2 heterocycles. The molecule has 1 atom stereocenters. The van der Waals surface area contributed by atoms with E-state index in [4.69, 9.17) is 0 Å². The first-order valence-electron chi connectivity index (χ1n) is 6.89. The maximum Gasteiger partial charge on any atom is 0.262 e. The Hall–Kier alpha value is -2.47. The van der Waals surface area contributed by atoms with Gasteiger partial charge in [-0.15, -0.1) is 11.3 Å². The van der Waals surface area contributed by atoms with E-state index < -0.39 is 6.04 Å². The fourth-order valence-corrected chi connectivity index (χ4v) is 3.07. The smallest absolute Gasteiger partial charge is 0.262 e. The van der Waals surface area contributed by atoms with E-state index in [0.717, 1.165) is 4.88 Å². The van der Waals surface area contributed by atoms with Crippen molar-refractivity contribution in [1.29, 1.82) is 0 Å². The lowest BCUT2D eigenvalue weighted by Crippen LogP contribution is -2.31. The number of para-hydroxylation sites is 1. The molecular formula is C16H15N3O2S. The zero-order chi connectivity index (χ0) is 15.7. The number of hydrogen-bond donors (Lipinski definition) is 1. The highest BCUT2D eigenvalue weighted by atomic mass is 32.1. The summed E-state index contributed by atoms with van der Waals surface area (Å²) < 4.78 is 1.37. The first kappa shape index (κ1) is 14.5. The summed E-state index contributed by atoms with van der Waals surface area (Å²) in [6.45, 7) is 3.62. The van der Waals surface area contributed by atoms with Crippen LogP contribution in [0.5, 0.6) is 0 Å². The van der Waals surface area contributed by atoms with Gasteiger partial charge in [0.1, 0.15) is 10.9 Å². The van der Waals surface area contributed by atoms with Crippen molar-refractivity contribution in [2.45, 2.75) is 19.9 Å². The van der Waals surface area contributed by atoms with Gasteiger partial charge in [-0.1, -0.05) is 18.2 Å². The molecule has 0 radical (unpaired) electrons. The van der Waals surface area contributed by atoms with Crippen LogP contribution in [-0.4, -0.2) is 15.5 Å². The van der Waals surface area contributed by atoms with Gasteiger partial charge in [0.05, 0.1) is 11.7 Å². The third-order valence-corrected chi connectivity index (χ3v) is 4.40. The largest absolute Gasteiger partial charge is 0.324 e. The molecule has 1 aromatic carbocycles. The highest BCUT2D eigenvalue weighted by molar-refractivity contribution is 7.18. The van der Waals surface area contributed by atoms with Crippen LogP contribution < -0.4 is 10.9 Å². The number of thiophene rings is 1. The highest BCUT2D eigenvalue weighted by Crippen LogP contribution is 2.20. The van der Waals surface area contributed by atoms with Crippen LogP contribution in [0.4, 0.5) is 5.69 Å². The molecule has 3 aromatic rings. The lowest BCUT2D eigenvalue weighted by atomic mass is 10.2. The Bertz CT molecular complexity index is 883. The summed E-state index contributed by atoms with van der Waals surface area (Å²) in [6.07, 6.45) is 1.44. The quantitative estimate of drug-likeness (QED) is 0.808. The van der Waals surface area contributed by atoms with Gasteiger partial charge in [-0.3, -0.25) is 14.2 Å². The summed E-state index contributed by atoms with van der Waals surface area (Å²) in [4.78, 5) is 30.8. The van der Waals surface area contributed by atoms with Crippen LogP contribution in [0, 0.1) is 6.92 Å². The van der Waals surface area contributed by atoms with Gasteiger partial charge >= 0.3 is 0 Å². The molecule has 3 rings (SSSR count). The number of nitrogens with zero attached hydrogens (tertiary/aromatic N) is 2. The number of amides is 1. The second-order valence-corrected chi connectivity index (χ2v) is 6.30. The van der Waals surface area contributed by atoms with Crippen molar-refractivity contribution in [3.05, 3.63) is 58.0 Å². The van der Waals surface area contributed by atoms with E-state index in [1.807, 2.05) is 31.2 Å². The van der Waals surface area contributed by atoms with E-state index in [-0.39, 0.29) is 11.5 Å². The Morgan fingerprint density at radius 3 is 2.77 bits per heavy atom. The number of benzene rings is 1. The Kier molecular flexibility index (Phi) is 3.77. The van der Waals surface area contributed by atoms with E-state index in [1.54, 1.807) is 19.1 Å². The molecule has 1 unspecified atom stereocenters. The van der Waals surface area contributed by atoms with Crippen molar-refractivity contribution in [3.63, 3.8) is 0 Å². The maximum atomic E-state index is 12.5. The molecular weight excluding hydrogens is 298 g/mol. The summed E-state index contributed by atoms with van der Waals surface area (Å²) in [5.41, 5.74) is 0.512. The lowest BCUT2D eigenvalue weighted by Gasteiger charge is -2.14. The number of anilines is 1. The Morgan fingerprint density at radius 2 is 2.05 bits per heavy atom. The number of nitrogens with one attached hydrogen (secondary N) is 1. The normalized spacial score (nSPS) is 12.3. The van der Waals surface area contributed by atoms with Crippen LogP contribution >= 0.6 is 11.3 Å². The van der Waals surface area contributed by atoms with Gasteiger partial charge in [-0.2, -0.15) is 0 Å². The average Bonchev–Trinajstić information content (AvgIpc) is 2.89. The molecule has 5 nitrogen and oxygen atoms in total. The molecule has 0 saturated heterocycles. The number of carbonyl (C=O) groups excluding carboxylic acids is 1. The first-order chi connectivity index (χ1) is 10.6. The fraction of sp³-hybridized carbons (Fsp3) is 0.188. The number of fused-ring (bicyclic) bond motifs is 1. The molecule has 22 heavy (non-hydrogen) atoms. The second-order valence-electron chi connectivity index (χ2n) is 5.06. The van der Waals surface area contributed by atoms with Crippen LogP contribution in [0.2, 0.25) is 0 Å². The summed E-state index contributed by atoms with van der Waals surface area (Å²) in [6, 6.07) is 10.3. The average molecular weight is 313 g/mol. The van der Waals surface area contributed by atoms with Gasteiger partial charge in [0.15, 0.2) is 0 Å². The third kappa shape index (κ3) is 2.65. The van der Waals surface area contributed by atoms with E-state index >= 15 is 0 Å². The molecule has 2 aromatic heterocycles. The molecule has 112 valence electrons. The van der Waals surface area contributed by atoms with Crippen molar-refractivity contribution < 1.29 is 4.79 Å². The minimum Gasteiger partial charge on any atom is -0.324 e. The van der Waals surface area contributed by atoms with Crippen molar-refractivity contribution in [1.82, 2.24) is 9.55 Å². The third-order valence-electron chi connectivity index (χ3n) is 3.44. The maximum absolute atomic E-state index is 12.5. The molecule has 0 bridgehead atoms. The minimum absolute atomic E-state index is 0.190. The van der Waals surface area contributed by atoms with Crippen LogP contribution in [0.3, 0.4) is 0 Å². The zero-order valence-electron chi connectivity index (χ0n) is 12.2. The number of aryl methyl sites for hydroxylation is 1. The molecule has 0 aliphatic heterocycles. The van der Waals surface area contributed by atoms with Gasteiger partial charge in [0, 0.05) is 10.6 Å². The van der Waals surface area contributed by atoms with Crippen LogP contribution in [0.25, 0.3) is 10.2 Å². The molecule has 1 amide bonds. The van der Waals surface area contributed by atoms with Crippen molar-refractivity contribution >= 4 is 33.1 Å². The number of rotatable bonds is 3. The van der Waals surface area contributed by atoms with Gasteiger partial charge < -0.3 is 5.32 Å². The fourth-order valence-electron chi connectivity index (χ4n) is 2.23. The standard InChI is InChI=1S/C16H15N3O2S/c1-10-8-13-15(22-10)17-9-19(16(13)21)11(2)14(20)18-12-6-4-3-5-7-12/h3-9,11H,1-2H3,(H,18,20). The van der Waals surface area contributed by atoms with Crippen LogP contribution in [0.15, 0.2) is 47.5 Å². The second kappa shape index (κ2) is 5.73. The van der Waals surface area contributed by atoms with Gasteiger partial charge in [-0.05, 0) is 32.0 Å². The Balaban J connectivity index is 1.91. The summed E-state index contributed by atoms with van der Waals surface area (Å²) >= 11 is 1.47. The van der Waals surface area contributed by atoms with E-state index in [2.05, 4.69) is 10.3 Å². The number of aromatic nitrogens is 2. The summed E-state index contributed by atoms with van der Waals surface area (Å²) in [5, 5.41) is 3.36. The van der Waals surface area contributed by atoms with E-state index in [0.29, 0.717) is 15.9 Å². The predicted molar refractivity (Wildman–Crippen MR) is 88.4 cm³/mol. The SMILES string of the molecule is Cc1cc2c(=O)n(C(C)C(=O)Nc3ccccc3)cnc2s1. The Morgan fingerprint density at radius 1 is 1.32 bits per heavy atom. The van der Waals surface area contributed by atoms with Crippen molar-refractivity contribution in [2.75, 3.05) is 5.32 Å². The van der Waals surface area contributed by atoms with Gasteiger partial charge in [0.25, 0.3) is 5.56 Å². The monoisotopic (exact) mass is 313 g/mol. The van der Waals surface area contributed by atoms with Gasteiger partial charge in [-0.25, -0.2) is 4.98 Å². The van der Waals surface area contributed by atoms with Crippen LogP contribution in [0.1, 0.15) is 17.8 Å². The zero-order valence-corrected chi connectivity index (χ0v) is 13.1. The van der Waals surface area contributed by atoms with E-state index in [1.165, 1.54) is 22.2 Å². The first-order valence-corrected chi connectivity index (χ1v) is 7.71. The number of hydrogen-bond acceptors (Lipinski definition) is 4. The Labute approximate surface area is 131 Å².